The van der Waals surface area contributed by atoms with Crippen LogP contribution < -0.4 is 21.3 Å². The molecule has 2 aromatic heterocycles. The number of aromatic nitrogens is 2. The molecule has 0 atom stereocenters. The molecule has 4 aromatic rings. The molecule has 1 N–H and O–H groups in total. The molecule has 0 aliphatic rings. The summed E-state index contributed by atoms with van der Waals surface area (Å²) in [5.41, 5.74) is -0.363. The Morgan fingerprint density at radius 2 is 1.94 bits per heavy atom. The van der Waals surface area contributed by atoms with Crippen LogP contribution in [0.5, 0.6) is 5.75 Å². The summed E-state index contributed by atoms with van der Waals surface area (Å²) < 4.78 is 21.8. The van der Waals surface area contributed by atoms with Gasteiger partial charge in [0, 0.05) is 10.6 Å². The van der Waals surface area contributed by atoms with Crippen molar-refractivity contribution in [3.8, 4) is 5.75 Å². The number of thiophene rings is 1. The first-order chi connectivity index (χ1) is 15.4. The summed E-state index contributed by atoms with van der Waals surface area (Å²) in [5.74, 6) is -0.640. The normalized spacial score (nSPS) is 11.0. The Kier molecular flexibility index (Phi) is 6.11. The van der Waals surface area contributed by atoms with Gasteiger partial charge in [0.25, 0.3) is 5.56 Å². The largest absolute Gasteiger partial charge is 0.495 e. The molecule has 0 aliphatic heterocycles. The van der Waals surface area contributed by atoms with Crippen molar-refractivity contribution in [3.63, 3.8) is 0 Å². The summed E-state index contributed by atoms with van der Waals surface area (Å²) in [5, 5.41) is 4.74. The number of nitrogens with one attached hydrogen (secondary N) is 1. The number of hydrogen-bond acceptors (Lipinski definition) is 5. The lowest BCUT2D eigenvalue weighted by atomic mass is 10.2. The highest BCUT2D eigenvalue weighted by Gasteiger charge is 2.18. The van der Waals surface area contributed by atoms with Crippen LogP contribution >= 0.6 is 22.9 Å². The van der Waals surface area contributed by atoms with Crippen molar-refractivity contribution in [1.82, 2.24) is 9.13 Å². The quantitative estimate of drug-likeness (QED) is 0.463. The maximum Gasteiger partial charge on any atom is 0.332 e. The van der Waals surface area contributed by atoms with E-state index in [0.29, 0.717) is 26.7 Å². The second-order valence-corrected chi connectivity index (χ2v) is 8.23. The number of methoxy groups -OCH3 is 1. The Labute approximate surface area is 190 Å². The third-order valence-electron chi connectivity index (χ3n) is 4.86. The van der Waals surface area contributed by atoms with E-state index in [1.807, 2.05) is 0 Å². The lowest BCUT2D eigenvalue weighted by Gasteiger charge is -2.14. The number of hydrogen-bond donors (Lipinski definition) is 1. The molecule has 0 aliphatic carbocycles. The number of amides is 1. The molecule has 0 unspecified atom stereocenters. The Morgan fingerprint density at radius 3 is 2.69 bits per heavy atom. The lowest BCUT2D eigenvalue weighted by Crippen LogP contribution is -2.41. The summed E-state index contributed by atoms with van der Waals surface area (Å²) in [6, 6.07) is 12.3. The predicted molar refractivity (Wildman–Crippen MR) is 122 cm³/mol. The lowest BCUT2D eigenvalue weighted by molar-refractivity contribution is -0.116. The third kappa shape index (κ3) is 4.17. The first-order valence-corrected chi connectivity index (χ1v) is 10.7. The molecule has 10 heteroatoms. The fraction of sp³-hybridized carbons (Fsp3) is 0.136. The first kappa shape index (κ1) is 21.8. The van der Waals surface area contributed by atoms with E-state index in [9.17, 15) is 18.8 Å². The number of carbonyl (C=O) groups excluding carboxylic acids is 1. The number of ether oxygens (including phenoxy) is 1. The fourth-order valence-electron chi connectivity index (χ4n) is 3.33. The number of rotatable bonds is 6. The van der Waals surface area contributed by atoms with E-state index in [0.717, 1.165) is 15.9 Å². The van der Waals surface area contributed by atoms with Crippen molar-refractivity contribution in [3.05, 3.63) is 91.2 Å². The summed E-state index contributed by atoms with van der Waals surface area (Å²) in [6.45, 7) is -0.610. The molecule has 0 bridgehead atoms. The average molecular weight is 474 g/mol. The zero-order valence-electron chi connectivity index (χ0n) is 16.8. The Balaban J connectivity index is 1.73. The van der Waals surface area contributed by atoms with Crippen LogP contribution in [-0.4, -0.2) is 22.2 Å². The van der Waals surface area contributed by atoms with Gasteiger partial charge in [0.2, 0.25) is 5.91 Å². The molecule has 1 amide bonds. The van der Waals surface area contributed by atoms with Crippen LogP contribution in [0.15, 0.2) is 63.5 Å². The fourth-order valence-corrected chi connectivity index (χ4v) is 4.35. The van der Waals surface area contributed by atoms with E-state index in [1.54, 1.807) is 29.6 Å². The minimum Gasteiger partial charge on any atom is -0.495 e. The molecule has 0 saturated heterocycles. The molecular formula is C22H17ClFN3O4S. The van der Waals surface area contributed by atoms with E-state index < -0.39 is 23.0 Å². The highest BCUT2D eigenvalue weighted by Crippen LogP contribution is 2.27. The van der Waals surface area contributed by atoms with Gasteiger partial charge in [-0.15, -0.1) is 11.3 Å². The van der Waals surface area contributed by atoms with Gasteiger partial charge in [-0.1, -0.05) is 29.8 Å². The molecule has 32 heavy (non-hydrogen) atoms. The summed E-state index contributed by atoms with van der Waals surface area (Å²) in [6.07, 6.45) is 0. The van der Waals surface area contributed by atoms with Gasteiger partial charge in [0.05, 0.1) is 24.9 Å². The van der Waals surface area contributed by atoms with E-state index in [4.69, 9.17) is 16.3 Å². The van der Waals surface area contributed by atoms with Crippen LogP contribution in [0.4, 0.5) is 10.1 Å². The number of carbonyl (C=O) groups is 1. The van der Waals surface area contributed by atoms with Gasteiger partial charge in [0.15, 0.2) is 0 Å². The number of anilines is 1. The molecule has 2 heterocycles. The van der Waals surface area contributed by atoms with Gasteiger partial charge in [-0.3, -0.25) is 18.7 Å². The summed E-state index contributed by atoms with van der Waals surface area (Å²) in [7, 11) is 1.46. The number of benzene rings is 2. The molecular weight excluding hydrogens is 457 g/mol. The van der Waals surface area contributed by atoms with Crippen molar-refractivity contribution < 1.29 is 13.9 Å². The maximum atomic E-state index is 14.1. The van der Waals surface area contributed by atoms with Gasteiger partial charge in [-0.25, -0.2) is 9.18 Å². The van der Waals surface area contributed by atoms with Crippen LogP contribution in [0.25, 0.3) is 10.2 Å². The monoisotopic (exact) mass is 473 g/mol. The highest BCUT2D eigenvalue weighted by atomic mass is 35.5. The first-order valence-electron chi connectivity index (χ1n) is 9.46. The third-order valence-corrected chi connectivity index (χ3v) is 5.99. The molecule has 2 aromatic carbocycles. The van der Waals surface area contributed by atoms with Crippen molar-refractivity contribution in [2.75, 3.05) is 12.4 Å². The van der Waals surface area contributed by atoms with Gasteiger partial charge < -0.3 is 10.1 Å². The molecule has 164 valence electrons. The summed E-state index contributed by atoms with van der Waals surface area (Å²) in [4.78, 5) is 38.8. The Hall–Kier alpha value is -3.43. The smallest absolute Gasteiger partial charge is 0.332 e. The number of halogens is 2. The Bertz CT molecular complexity index is 1440. The van der Waals surface area contributed by atoms with Crippen molar-refractivity contribution in [1.29, 1.82) is 0 Å². The van der Waals surface area contributed by atoms with Gasteiger partial charge >= 0.3 is 5.69 Å². The van der Waals surface area contributed by atoms with Crippen molar-refractivity contribution in [2.24, 2.45) is 0 Å². The zero-order chi connectivity index (χ0) is 22.8. The zero-order valence-corrected chi connectivity index (χ0v) is 18.4. The van der Waals surface area contributed by atoms with E-state index >= 15 is 0 Å². The molecule has 0 saturated carbocycles. The second-order valence-electron chi connectivity index (χ2n) is 6.88. The number of nitrogens with zero attached hydrogens (tertiary/aromatic N) is 2. The van der Waals surface area contributed by atoms with E-state index in [2.05, 4.69) is 5.32 Å². The van der Waals surface area contributed by atoms with Gasteiger partial charge in [-0.2, -0.15) is 0 Å². The topological polar surface area (TPSA) is 82.3 Å². The van der Waals surface area contributed by atoms with Crippen LogP contribution in [0.3, 0.4) is 0 Å². The van der Waals surface area contributed by atoms with E-state index in [1.165, 1.54) is 35.9 Å². The molecule has 7 nitrogen and oxygen atoms in total. The minimum absolute atomic E-state index is 0.197. The molecule has 0 spiro atoms. The standard InChI is InChI=1S/C22H17ClFN3O4S/c1-31-18-7-6-14(23)10-16(18)25-19(28)12-26-17-8-9-32-20(17)21(29)27(22(26)30)11-13-4-2-3-5-15(13)24/h2-10H,11-12H2,1H3,(H,25,28). The Morgan fingerprint density at radius 1 is 1.16 bits per heavy atom. The van der Waals surface area contributed by atoms with Crippen molar-refractivity contribution in [2.45, 2.75) is 13.1 Å². The van der Waals surface area contributed by atoms with Gasteiger partial charge in [-0.05, 0) is 35.7 Å². The van der Waals surface area contributed by atoms with Crippen LogP contribution in [-0.2, 0) is 17.9 Å². The van der Waals surface area contributed by atoms with Crippen LogP contribution in [0.1, 0.15) is 5.56 Å². The van der Waals surface area contributed by atoms with Gasteiger partial charge in [0.1, 0.15) is 22.8 Å². The molecule has 4 rings (SSSR count). The second kappa shape index (κ2) is 8.97. The predicted octanol–water partition coefficient (Wildman–Crippen LogP) is 3.71. The number of fused-ring (bicyclic) bond motifs is 1. The maximum absolute atomic E-state index is 14.1. The van der Waals surface area contributed by atoms with Crippen LogP contribution in [0, 0.1) is 5.82 Å². The van der Waals surface area contributed by atoms with E-state index in [-0.39, 0.29) is 18.7 Å². The summed E-state index contributed by atoms with van der Waals surface area (Å²) >= 11 is 7.15. The minimum atomic E-state index is -0.711. The molecule has 0 radical (unpaired) electrons. The highest BCUT2D eigenvalue weighted by molar-refractivity contribution is 7.17. The van der Waals surface area contributed by atoms with Crippen LogP contribution in [0.2, 0.25) is 5.02 Å². The molecule has 0 fully saturated rings. The van der Waals surface area contributed by atoms with Crippen molar-refractivity contribution >= 4 is 44.7 Å². The SMILES string of the molecule is COc1ccc(Cl)cc1NC(=O)Cn1c(=O)n(Cc2ccccc2F)c(=O)c2sccc21. The average Bonchev–Trinajstić information content (AvgIpc) is 3.26.